The SMILES string of the molecule is Cc1cc(C)c2c(ccn2C(=O)OC(C)(C)C)c1C[C@@H]1CCN(C(=O)OC(C)(C)C)C[C@H]1c1ccc(C(=O)OC(C)(C)C)cc1. The lowest BCUT2D eigenvalue weighted by Crippen LogP contribution is -2.45. The van der Waals surface area contributed by atoms with Crippen LogP contribution >= 0.6 is 0 Å². The van der Waals surface area contributed by atoms with Crippen LogP contribution in [0, 0.1) is 19.8 Å². The molecule has 2 atom stereocenters. The van der Waals surface area contributed by atoms with Crippen LogP contribution in [0.25, 0.3) is 10.9 Å². The quantitative estimate of drug-likeness (QED) is 0.215. The molecule has 244 valence electrons. The summed E-state index contributed by atoms with van der Waals surface area (Å²) < 4.78 is 18.6. The average Bonchev–Trinajstić information content (AvgIpc) is 3.34. The Morgan fingerprint density at radius 3 is 1.93 bits per heavy atom. The number of aryl methyl sites for hydroxylation is 2. The molecule has 45 heavy (non-hydrogen) atoms. The summed E-state index contributed by atoms with van der Waals surface area (Å²) in [7, 11) is 0. The number of carbonyl (C=O) groups excluding carboxylic acids is 3. The molecule has 8 heteroatoms. The molecule has 1 aromatic heterocycles. The number of fused-ring (bicyclic) bond motifs is 1. The van der Waals surface area contributed by atoms with E-state index in [1.165, 1.54) is 5.56 Å². The third-order valence-electron chi connectivity index (χ3n) is 7.93. The second kappa shape index (κ2) is 12.5. The minimum Gasteiger partial charge on any atom is -0.456 e. The van der Waals surface area contributed by atoms with Crippen LogP contribution in [0.1, 0.15) is 107 Å². The third-order valence-corrected chi connectivity index (χ3v) is 7.93. The minimum absolute atomic E-state index is 0.00245. The molecule has 1 saturated heterocycles. The maximum Gasteiger partial charge on any atom is 0.418 e. The zero-order chi connectivity index (χ0) is 33.5. The van der Waals surface area contributed by atoms with E-state index in [1.807, 2.05) is 99.6 Å². The first-order chi connectivity index (χ1) is 20.7. The lowest BCUT2D eigenvalue weighted by atomic mass is 9.76. The van der Waals surface area contributed by atoms with E-state index in [2.05, 4.69) is 13.0 Å². The van der Waals surface area contributed by atoms with Crippen LogP contribution in [0.5, 0.6) is 0 Å². The lowest BCUT2D eigenvalue weighted by Gasteiger charge is -2.40. The number of nitrogens with zero attached hydrogens (tertiary/aromatic N) is 2. The molecule has 0 saturated carbocycles. The van der Waals surface area contributed by atoms with E-state index in [0.717, 1.165) is 40.4 Å². The molecule has 1 fully saturated rings. The number of amides is 1. The zero-order valence-corrected chi connectivity index (χ0v) is 28.9. The van der Waals surface area contributed by atoms with Crippen molar-refractivity contribution in [3.05, 3.63) is 70.4 Å². The zero-order valence-electron chi connectivity index (χ0n) is 28.9. The number of benzene rings is 2. The van der Waals surface area contributed by atoms with Gasteiger partial charge in [0, 0.05) is 30.6 Å². The number of likely N-dealkylation sites (tertiary alicyclic amines) is 1. The molecular weight excluding hydrogens is 568 g/mol. The molecule has 0 N–H and O–H groups in total. The fourth-order valence-corrected chi connectivity index (χ4v) is 6.09. The summed E-state index contributed by atoms with van der Waals surface area (Å²) in [4.78, 5) is 40.8. The monoisotopic (exact) mass is 618 g/mol. The van der Waals surface area contributed by atoms with Gasteiger partial charge in [-0.3, -0.25) is 4.57 Å². The van der Waals surface area contributed by atoms with Crippen molar-refractivity contribution in [2.75, 3.05) is 13.1 Å². The molecule has 1 amide bonds. The van der Waals surface area contributed by atoms with Crippen molar-refractivity contribution >= 4 is 29.1 Å². The maximum atomic E-state index is 13.2. The molecule has 1 aliphatic rings. The smallest absolute Gasteiger partial charge is 0.418 e. The van der Waals surface area contributed by atoms with Gasteiger partial charge in [-0.25, -0.2) is 14.4 Å². The van der Waals surface area contributed by atoms with E-state index in [-0.39, 0.29) is 23.9 Å². The highest BCUT2D eigenvalue weighted by atomic mass is 16.6. The van der Waals surface area contributed by atoms with Crippen LogP contribution in [0.15, 0.2) is 42.6 Å². The normalized spacial score (nSPS) is 17.7. The van der Waals surface area contributed by atoms with Crippen LogP contribution < -0.4 is 0 Å². The van der Waals surface area contributed by atoms with Gasteiger partial charge >= 0.3 is 18.2 Å². The van der Waals surface area contributed by atoms with Crippen molar-refractivity contribution in [2.45, 2.75) is 112 Å². The molecule has 1 aliphatic heterocycles. The standard InChI is InChI=1S/C37H50N2O6/c1-23-20-24(2)31-28(17-19-39(31)34(42)45-37(9,10)11)29(23)21-27-16-18-38(33(41)44-36(6,7)8)22-30(27)25-12-14-26(15-13-25)32(40)43-35(3,4)5/h12-15,17,19-20,27,30H,16,18,21-22H2,1-11H3/t27-,30-/m0/s1. The van der Waals surface area contributed by atoms with E-state index in [9.17, 15) is 14.4 Å². The summed E-state index contributed by atoms with van der Waals surface area (Å²) in [6.45, 7) is 22.0. The van der Waals surface area contributed by atoms with Crippen molar-refractivity contribution in [3.8, 4) is 0 Å². The Kier molecular flexibility index (Phi) is 9.49. The summed E-state index contributed by atoms with van der Waals surface area (Å²) >= 11 is 0. The minimum atomic E-state index is -0.608. The first kappa shape index (κ1) is 34.1. The van der Waals surface area contributed by atoms with E-state index < -0.39 is 22.9 Å². The van der Waals surface area contributed by atoms with Gasteiger partial charge < -0.3 is 19.1 Å². The molecule has 3 aromatic rings. The number of hydrogen-bond acceptors (Lipinski definition) is 6. The molecule has 0 aliphatic carbocycles. The highest BCUT2D eigenvalue weighted by Crippen LogP contribution is 2.39. The number of rotatable bonds is 4. The summed E-state index contributed by atoms with van der Waals surface area (Å²) in [5, 5.41) is 1.03. The summed E-state index contributed by atoms with van der Waals surface area (Å²) in [6, 6.07) is 11.7. The van der Waals surface area contributed by atoms with Crippen LogP contribution in [-0.2, 0) is 20.6 Å². The van der Waals surface area contributed by atoms with Crippen molar-refractivity contribution in [3.63, 3.8) is 0 Å². The predicted molar refractivity (Wildman–Crippen MR) is 177 cm³/mol. The van der Waals surface area contributed by atoms with Crippen molar-refractivity contribution in [1.82, 2.24) is 9.47 Å². The van der Waals surface area contributed by atoms with E-state index in [0.29, 0.717) is 18.7 Å². The number of carbonyl (C=O) groups is 3. The van der Waals surface area contributed by atoms with Gasteiger partial charge in [0.05, 0.1) is 11.1 Å². The lowest BCUT2D eigenvalue weighted by molar-refractivity contribution is 0.00684. The highest BCUT2D eigenvalue weighted by Gasteiger charge is 2.35. The second-order valence-corrected chi connectivity index (χ2v) is 15.3. The topological polar surface area (TPSA) is 87.1 Å². The summed E-state index contributed by atoms with van der Waals surface area (Å²) in [5.74, 6) is -0.162. The Balaban J connectivity index is 1.70. The Labute approximate surface area is 268 Å². The van der Waals surface area contributed by atoms with Gasteiger partial charge in [0.15, 0.2) is 0 Å². The predicted octanol–water partition coefficient (Wildman–Crippen LogP) is 8.58. The van der Waals surface area contributed by atoms with Crippen LogP contribution in [0.2, 0.25) is 0 Å². The number of hydrogen-bond donors (Lipinski definition) is 0. The van der Waals surface area contributed by atoms with Crippen molar-refractivity contribution < 1.29 is 28.6 Å². The highest BCUT2D eigenvalue weighted by molar-refractivity contribution is 5.94. The van der Waals surface area contributed by atoms with E-state index in [1.54, 1.807) is 15.7 Å². The van der Waals surface area contributed by atoms with Crippen LogP contribution in [-0.4, -0.2) is 57.5 Å². The summed E-state index contributed by atoms with van der Waals surface area (Å²) in [6.07, 6.45) is 2.62. The van der Waals surface area contributed by atoms with Crippen molar-refractivity contribution in [2.24, 2.45) is 5.92 Å². The fraction of sp³-hybridized carbons (Fsp3) is 0.541. The fourth-order valence-electron chi connectivity index (χ4n) is 6.09. The molecule has 0 spiro atoms. The molecule has 0 unspecified atom stereocenters. The van der Waals surface area contributed by atoms with Crippen molar-refractivity contribution in [1.29, 1.82) is 0 Å². The molecule has 2 heterocycles. The Morgan fingerprint density at radius 2 is 1.36 bits per heavy atom. The molecule has 4 rings (SSSR count). The number of esters is 1. The number of ether oxygens (including phenoxy) is 3. The van der Waals surface area contributed by atoms with Gasteiger partial charge in [0.25, 0.3) is 0 Å². The van der Waals surface area contributed by atoms with Gasteiger partial charge in [-0.1, -0.05) is 18.2 Å². The largest absolute Gasteiger partial charge is 0.456 e. The first-order valence-electron chi connectivity index (χ1n) is 15.9. The Hall–Kier alpha value is -3.81. The molecule has 0 bridgehead atoms. The number of aromatic nitrogens is 1. The number of piperidine rings is 1. The molecule has 2 aromatic carbocycles. The second-order valence-electron chi connectivity index (χ2n) is 15.3. The van der Waals surface area contributed by atoms with Crippen LogP contribution in [0.3, 0.4) is 0 Å². The van der Waals surface area contributed by atoms with Crippen LogP contribution in [0.4, 0.5) is 9.59 Å². The van der Waals surface area contributed by atoms with E-state index >= 15 is 0 Å². The molecular formula is C37H50N2O6. The molecule has 8 nitrogen and oxygen atoms in total. The van der Waals surface area contributed by atoms with Gasteiger partial charge in [0.2, 0.25) is 0 Å². The average molecular weight is 619 g/mol. The Morgan fingerprint density at radius 1 is 0.778 bits per heavy atom. The Bertz CT molecular complexity index is 1560. The van der Waals surface area contributed by atoms with Gasteiger partial charge in [-0.15, -0.1) is 0 Å². The first-order valence-corrected chi connectivity index (χ1v) is 15.9. The summed E-state index contributed by atoms with van der Waals surface area (Å²) in [5.41, 5.74) is 3.97. The molecule has 0 radical (unpaired) electrons. The van der Waals surface area contributed by atoms with Gasteiger partial charge in [-0.05, 0) is 135 Å². The maximum absolute atomic E-state index is 13.2. The van der Waals surface area contributed by atoms with E-state index in [4.69, 9.17) is 14.2 Å². The van der Waals surface area contributed by atoms with Gasteiger partial charge in [0.1, 0.15) is 16.8 Å². The van der Waals surface area contributed by atoms with Gasteiger partial charge in [-0.2, -0.15) is 0 Å². The third kappa shape index (κ3) is 8.47.